The molecular weight excluding hydrogens is 336 g/mol. The molecule has 0 bridgehead atoms. The quantitative estimate of drug-likeness (QED) is 0.702. The van der Waals surface area contributed by atoms with Crippen LogP contribution in [0.4, 0.5) is 5.82 Å². The van der Waals surface area contributed by atoms with Crippen LogP contribution in [0.1, 0.15) is 31.1 Å². The van der Waals surface area contributed by atoms with Crippen molar-refractivity contribution in [3.63, 3.8) is 0 Å². The van der Waals surface area contributed by atoms with Crippen LogP contribution in [0.5, 0.6) is 0 Å². The summed E-state index contributed by atoms with van der Waals surface area (Å²) in [4.78, 5) is 16.4. The van der Waals surface area contributed by atoms with Gasteiger partial charge in [0.05, 0.1) is 18.8 Å². The molecule has 4 rings (SSSR count). The minimum absolute atomic E-state index is 0.138. The lowest BCUT2D eigenvalue weighted by Crippen LogP contribution is -2.44. The van der Waals surface area contributed by atoms with Crippen molar-refractivity contribution < 1.29 is 4.74 Å². The summed E-state index contributed by atoms with van der Waals surface area (Å²) in [5.41, 5.74) is 3.05. The molecule has 0 radical (unpaired) electrons. The van der Waals surface area contributed by atoms with E-state index in [9.17, 15) is 0 Å². The van der Waals surface area contributed by atoms with Crippen LogP contribution in [0.25, 0.3) is 11.5 Å². The molecule has 1 fully saturated rings. The Labute approximate surface area is 160 Å². The van der Waals surface area contributed by atoms with Gasteiger partial charge in [-0.3, -0.25) is 4.98 Å². The number of hydrogen-bond acceptors (Lipinski definition) is 5. The van der Waals surface area contributed by atoms with Crippen LogP contribution in [0.3, 0.4) is 0 Å². The Kier molecular flexibility index (Phi) is 5.12. The maximum atomic E-state index is 5.97. The molecule has 0 aliphatic carbocycles. The number of benzene rings is 1. The smallest absolute Gasteiger partial charge is 0.180 e. The zero-order chi connectivity index (χ0) is 18.6. The predicted molar refractivity (Wildman–Crippen MR) is 107 cm³/mol. The summed E-state index contributed by atoms with van der Waals surface area (Å²) in [7, 11) is 0. The molecule has 1 saturated heterocycles. The Balaban J connectivity index is 1.77. The van der Waals surface area contributed by atoms with Crippen molar-refractivity contribution in [3.05, 3.63) is 72.1 Å². The van der Waals surface area contributed by atoms with Gasteiger partial charge < -0.3 is 9.64 Å². The molecule has 2 aromatic heterocycles. The SMILES string of the molecule is CCc1cc(N2C[C@@H](C)OC[C@@H]2c2ccccc2)nc(-c2ccccn2)n1. The number of rotatable bonds is 4. The highest BCUT2D eigenvalue weighted by Crippen LogP contribution is 2.31. The van der Waals surface area contributed by atoms with Gasteiger partial charge in [0.25, 0.3) is 0 Å². The van der Waals surface area contributed by atoms with Crippen molar-refractivity contribution in [2.24, 2.45) is 0 Å². The number of anilines is 1. The van der Waals surface area contributed by atoms with Crippen molar-refractivity contribution in [2.75, 3.05) is 18.1 Å². The maximum absolute atomic E-state index is 5.97. The fraction of sp³-hybridized carbons (Fsp3) is 0.318. The van der Waals surface area contributed by atoms with Gasteiger partial charge in [0.1, 0.15) is 11.5 Å². The highest BCUT2D eigenvalue weighted by Gasteiger charge is 2.29. The second kappa shape index (κ2) is 7.84. The van der Waals surface area contributed by atoms with Gasteiger partial charge in [0, 0.05) is 24.5 Å². The molecule has 1 aliphatic heterocycles. The van der Waals surface area contributed by atoms with Crippen molar-refractivity contribution in [3.8, 4) is 11.5 Å². The first kappa shape index (κ1) is 17.6. The predicted octanol–water partition coefficient (Wildman–Crippen LogP) is 4.07. The normalized spacial score (nSPS) is 19.9. The van der Waals surface area contributed by atoms with Gasteiger partial charge in [0.2, 0.25) is 0 Å². The minimum atomic E-state index is 0.138. The lowest BCUT2D eigenvalue weighted by molar-refractivity contribution is 0.0300. The summed E-state index contributed by atoms with van der Waals surface area (Å²) in [6, 6.07) is 18.5. The molecule has 1 aliphatic rings. The number of aromatic nitrogens is 3. The van der Waals surface area contributed by atoms with E-state index >= 15 is 0 Å². The van der Waals surface area contributed by atoms with Crippen molar-refractivity contribution in [1.82, 2.24) is 15.0 Å². The van der Waals surface area contributed by atoms with Crippen molar-refractivity contribution in [1.29, 1.82) is 0 Å². The third-order valence-electron chi connectivity index (χ3n) is 4.87. The molecule has 0 amide bonds. The van der Waals surface area contributed by atoms with E-state index in [1.54, 1.807) is 6.20 Å². The van der Waals surface area contributed by atoms with Crippen LogP contribution in [-0.4, -0.2) is 34.2 Å². The first-order valence-corrected chi connectivity index (χ1v) is 9.47. The number of aryl methyl sites for hydroxylation is 1. The van der Waals surface area contributed by atoms with E-state index < -0.39 is 0 Å². The van der Waals surface area contributed by atoms with Gasteiger partial charge in [-0.15, -0.1) is 0 Å². The monoisotopic (exact) mass is 360 g/mol. The molecule has 138 valence electrons. The Morgan fingerprint density at radius 3 is 2.63 bits per heavy atom. The first-order chi connectivity index (χ1) is 13.2. The Hall–Kier alpha value is -2.79. The molecule has 5 heteroatoms. The number of hydrogen-bond donors (Lipinski definition) is 0. The third kappa shape index (κ3) is 3.83. The van der Waals surface area contributed by atoms with E-state index in [0.29, 0.717) is 12.4 Å². The second-order valence-electron chi connectivity index (χ2n) is 6.83. The van der Waals surface area contributed by atoms with Gasteiger partial charge in [-0.1, -0.05) is 43.3 Å². The summed E-state index contributed by atoms with van der Waals surface area (Å²) in [5, 5.41) is 0. The van der Waals surface area contributed by atoms with Crippen LogP contribution in [0.15, 0.2) is 60.8 Å². The summed E-state index contributed by atoms with van der Waals surface area (Å²) >= 11 is 0. The first-order valence-electron chi connectivity index (χ1n) is 9.47. The fourth-order valence-corrected chi connectivity index (χ4v) is 3.43. The second-order valence-corrected chi connectivity index (χ2v) is 6.83. The summed E-state index contributed by atoms with van der Waals surface area (Å²) in [6.07, 6.45) is 2.79. The summed E-state index contributed by atoms with van der Waals surface area (Å²) in [6.45, 7) is 5.66. The molecule has 5 nitrogen and oxygen atoms in total. The van der Waals surface area contributed by atoms with E-state index in [-0.39, 0.29) is 12.1 Å². The lowest BCUT2D eigenvalue weighted by atomic mass is 10.0. The molecular formula is C22H24N4O. The average molecular weight is 360 g/mol. The van der Waals surface area contributed by atoms with Gasteiger partial charge in [-0.05, 0) is 31.0 Å². The maximum Gasteiger partial charge on any atom is 0.180 e. The van der Waals surface area contributed by atoms with Crippen LogP contribution in [0.2, 0.25) is 0 Å². The minimum Gasteiger partial charge on any atom is -0.374 e. The number of morpholine rings is 1. The van der Waals surface area contributed by atoms with E-state index in [0.717, 1.165) is 30.2 Å². The van der Waals surface area contributed by atoms with Crippen LogP contribution >= 0.6 is 0 Å². The lowest BCUT2D eigenvalue weighted by Gasteiger charge is -2.40. The molecule has 0 N–H and O–H groups in total. The van der Waals surface area contributed by atoms with E-state index in [2.05, 4.69) is 54.1 Å². The Morgan fingerprint density at radius 2 is 1.89 bits per heavy atom. The summed E-state index contributed by atoms with van der Waals surface area (Å²) in [5.74, 6) is 1.61. The highest BCUT2D eigenvalue weighted by atomic mass is 16.5. The van der Waals surface area contributed by atoms with E-state index in [4.69, 9.17) is 14.7 Å². The highest BCUT2D eigenvalue weighted by molar-refractivity contribution is 5.55. The molecule has 0 spiro atoms. The van der Waals surface area contributed by atoms with Crippen molar-refractivity contribution in [2.45, 2.75) is 32.4 Å². The van der Waals surface area contributed by atoms with E-state index in [1.807, 2.05) is 24.3 Å². The van der Waals surface area contributed by atoms with Crippen LogP contribution in [0, 0.1) is 0 Å². The zero-order valence-electron chi connectivity index (χ0n) is 15.7. The molecule has 0 unspecified atom stereocenters. The molecule has 0 saturated carbocycles. The summed E-state index contributed by atoms with van der Waals surface area (Å²) < 4.78 is 5.97. The number of pyridine rings is 1. The largest absolute Gasteiger partial charge is 0.374 e. The zero-order valence-corrected chi connectivity index (χ0v) is 15.7. The molecule has 27 heavy (non-hydrogen) atoms. The molecule has 2 atom stereocenters. The number of nitrogens with zero attached hydrogens (tertiary/aromatic N) is 4. The van der Waals surface area contributed by atoms with Crippen LogP contribution in [-0.2, 0) is 11.2 Å². The number of ether oxygens (including phenoxy) is 1. The van der Waals surface area contributed by atoms with Crippen molar-refractivity contribution >= 4 is 5.82 Å². The average Bonchev–Trinajstić information content (AvgIpc) is 2.74. The Morgan fingerprint density at radius 1 is 1.07 bits per heavy atom. The van der Waals surface area contributed by atoms with E-state index in [1.165, 1.54) is 5.56 Å². The van der Waals surface area contributed by atoms with Gasteiger partial charge in [-0.2, -0.15) is 0 Å². The van der Waals surface area contributed by atoms with Gasteiger partial charge >= 0.3 is 0 Å². The fourth-order valence-electron chi connectivity index (χ4n) is 3.43. The van der Waals surface area contributed by atoms with Crippen LogP contribution < -0.4 is 4.90 Å². The van der Waals surface area contributed by atoms with Gasteiger partial charge in [-0.25, -0.2) is 9.97 Å². The third-order valence-corrected chi connectivity index (χ3v) is 4.87. The molecule has 1 aromatic carbocycles. The standard InChI is InChI=1S/C22H24N4O/c1-3-18-13-21(25-22(24-18)19-11-7-8-12-23-19)26-14-16(2)27-15-20(26)17-9-5-4-6-10-17/h4-13,16,20H,3,14-15H2,1-2H3/t16-,20-/m1/s1. The molecule has 3 aromatic rings. The molecule has 3 heterocycles. The Bertz CT molecular complexity index is 885. The van der Waals surface area contributed by atoms with Gasteiger partial charge in [0.15, 0.2) is 5.82 Å². The topological polar surface area (TPSA) is 51.1 Å².